The van der Waals surface area contributed by atoms with Crippen LogP contribution in [0.25, 0.3) is 22.3 Å². The van der Waals surface area contributed by atoms with Crippen LogP contribution in [0.2, 0.25) is 0 Å². The normalized spacial score (nSPS) is 16.4. The van der Waals surface area contributed by atoms with Crippen molar-refractivity contribution in [2.24, 2.45) is 0 Å². The molecule has 2 N–H and O–H groups in total. The summed E-state index contributed by atoms with van der Waals surface area (Å²) >= 11 is 0. The van der Waals surface area contributed by atoms with E-state index in [1.807, 2.05) is 0 Å². The maximum atomic E-state index is 13.4. The molecule has 6 nitrogen and oxygen atoms in total. The number of fused-ring (bicyclic) bond motifs is 1. The number of amides is 2. The SMILES string of the molecule is O=C(CC1CCC(=O)N1)Nc1cccc2c(=O)cc(-c3ccccc3C(F)(F)F)oc12. The lowest BCUT2D eigenvalue weighted by molar-refractivity contribution is -0.137. The van der Waals surface area contributed by atoms with Crippen LogP contribution in [0.5, 0.6) is 0 Å². The summed E-state index contributed by atoms with van der Waals surface area (Å²) in [5.74, 6) is -0.791. The van der Waals surface area contributed by atoms with Crippen molar-refractivity contribution in [2.45, 2.75) is 31.5 Å². The molecule has 0 bridgehead atoms. The standard InChI is InChI=1S/C22H17F3N2O4/c23-22(24,25)15-6-2-1-4-13(15)18-11-17(28)14-5-3-7-16(21(14)31-18)27-20(30)10-12-8-9-19(29)26-12/h1-7,11-12H,8-10H2,(H,26,29)(H,27,30). The van der Waals surface area contributed by atoms with Gasteiger partial charge in [-0.1, -0.05) is 24.3 Å². The van der Waals surface area contributed by atoms with Crippen LogP contribution in [0.1, 0.15) is 24.8 Å². The van der Waals surface area contributed by atoms with Gasteiger partial charge in [0.25, 0.3) is 0 Å². The largest absolute Gasteiger partial charge is 0.454 e. The average Bonchev–Trinajstić information content (AvgIpc) is 3.12. The highest BCUT2D eigenvalue weighted by atomic mass is 19.4. The molecule has 1 aliphatic rings. The summed E-state index contributed by atoms with van der Waals surface area (Å²) < 4.78 is 45.9. The van der Waals surface area contributed by atoms with Gasteiger partial charge in [-0.15, -0.1) is 0 Å². The molecule has 9 heteroatoms. The minimum Gasteiger partial charge on any atom is -0.454 e. The molecule has 0 radical (unpaired) electrons. The van der Waals surface area contributed by atoms with Crippen molar-refractivity contribution in [3.8, 4) is 11.3 Å². The molecular weight excluding hydrogens is 413 g/mol. The van der Waals surface area contributed by atoms with Crippen molar-refractivity contribution in [3.05, 3.63) is 64.3 Å². The summed E-state index contributed by atoms with van der Waals surface area (Å²) in [6.07, 6.45) is -3.72. The summed E-state index contributed by atoms with van der Waals surface area (Å²) in [7, 11) is 0. The van der Waals surface area contributed by atoms with E-state index in [9.17, 15) is 27.6 Å². The Morgan fingerprint density at radius 2 is 1.90 bits per heavy atom. The van der Waals surface area contributed by atoms with Gasteiger partial charge < -0.3 is 15.1 Å². The predicted molar refractivity (Wildman–Crippen MR) is 107 cm³/mol. The van der Waals surface area contributed by atoms with E-state index in [1.165, 1.54) is 36.4 Å². The molecule has 1 aromatic heterocycles. The van der Waals surface area contributed by atoms with Gasteiger partial charge in [-0.2, -0.15) is 13.2 Å². The molecule has 2 heterocycles. The lowest BCUT2D eigenvalue weighted by atomic mass is 10.0. The van der Waals surface area contributed by atoms with Gasteiger partial charge in [-0.25, -0.2) is 0 Å². The number of halogens is 3. The molecule has 0 spiro atoms. The van der Waals surface area contributed by atoms with Crippen LogP contribution < -0.4 is 16.1 Å². The molecule has 1 aliphatic heterocycles. The number of rotatable bonds is 4. The van der Waals surface area contributed by atoms with Gasteiger partial charge in [-0.05, 0) is 24.6 Å². The summed E-state index contributed by atoms with van der Waals surface area (Å²) in [6, 6.07) is 10.0. The van der Waals surface area contributed by atoms with Gasteiger partial charge in [0.05, 0.1) is 16.6 Å². The first kappa shape index (κ1) is 20.6. The Hall–Kier alpha value is -3.62. The fraction of sp³-hybridized carbons (Fsp3) is 0.227. The average molecular weight is 430 g/mol. The number of para-hydroxylation sites is 1. The van der Waals surface area contributed by atoms with Gasteiger partial charge in [0.2, 0.25) is 11.8 Å². The fourth-order valence-electron chi connectivity index (χ4n) is 3.61. The van der Waals surface area contributed by atoms with Crippen molar-refractivity contribution in [2.75, 3.05) is 5.32 Å². The molecule has 2 aromatic carbocycles. The molecule has 31 heavy (non-hydrogen) atoms. The highest BCUT2D eigenvalue weighted by Gasteiger charge is 2.34. The predicted octanol–water partition coefficient (Wildman–Crippen LogP) is 4.09. The van der Waals surface area contributed by atoms with Crippen molar-refractivity contribution in [1.29, 1.82) is 0 Å². The number of carbonyl (C=O) groups excluding carboxylic acids is 2. The number of carbonyl (C=O) groups is 2. The smallest absolute Gasteiger partial charge is 0.417 e. The van der Waals surface area contributed by atoms with E-state index in [-0.39, 0.29) is 46.4 Å². The molecule has 1 atom stereocenters. The van der Waals surface area contributed by atoms with Crippen LogP contribution in [-0.2, 0) is 15.8 Å². The van der Waals surface area contributed by atoms with Gasteiger partial charge in [-0.3, -0.25) is 14.4 Å². The zero-order valence-corrected chi connectivity index (χ0v) is 16.1. The second kappa shape index (κ2) is 7.90. The number of benzene rings is 2. The van der Waals surface area contributed by atoms with E-state index < -0.39 is 23.1 Å². The Bertz CT molecular complexity index is 1230. The number of anilines is 1. The van der Waals surface area contributed by atoms with Crippen molar-refractivity contribution in [1.82, 2.24) is 5.32 Å². The van der Waals surface area contributed by atoms with E-state index >= 15 is 0 Å². The van der Waals surface area contributed by atoms with E-state index in [1.54, 1.807) is 0 Å². The van der Waals surface area contributed by atoms with Crippen LogP contribution >= 0.6 is 0 Å². The van der Waals surface area contributed by atoms with Crippen LogP contribution in [0.3, 0.4) is 0 Å². The Labute approximate surface area is 174 Å². The molecule has 0 saturated carbocycles. The first-order valence-corrected chi connectivity index (χ1v) is 9.55. The number of nitrogens with one attached hydrogen (secondary N) is 2. The van der Waals surface area contributed by atoms with Gasteiger partial charge in [0.1, 0.15) is 5.76 Å². The molecular formula is C22H17F3N2O4. The molecule has 1 saturated heterocycles. The number of hydrogen-bond acceptors (Lipinski definition) is 4. The van der Waals surface area contributed by atoms with E-state index in [2.05, 4.69) is 10.6 Å². The molecule has 4 rings (SSSR count). The summed E-state index contributed by atoms with van der Waals surface area (Å²) in [5.41, 5.74) is -1.60. The number of alkyl halides is 3. The molecule has 160 valence electrons. The Balaban J connectivity index is 1.73. The lowest BCUT2D eigenvalue weighted by Gasteiger charge is -2.14. The van der Waals surface area contributed by atoms with E-state index in [4.69, 9.17) is 4.42 Å². The number of hydrogen-bond donors (Lipinski definition) is 2. The third kappa shape index (κ3) is 4.30. The van der Waals surface area contributed by atoms with E-state index in [0.717, 1.165) is 12.1 Å². The fourth-order valence-corrected chi connectivity index (χ4v) is 3.61. The molecule has 1 fully saturated rings. The molecule has 3 aromatic rings. The maximum Gasteiger partial charge on any atom is 0.417 e. The van der Waals surface area contributed by atoms with Gasteiger partial charge in [0.15, 0.2) is 11.0 Å². The van der Waals surface area contributed by atoms with Crippen molar-refractivity contribution in [3.63, 3.8) is 0 Å². The minimum atomic E-state index is -4.64. The summed E-state index contributed by atoms with van der Waals surface area (Å²) in [5, 5.41) is 5.45. The first-order chi connectivity index (χ1) is 14.7. The zero-order valence-electron chi connectivity index (χ0n) is 16.1. The second-order valence-corrected chi connectivity index (χ2v) is 7.26. The van der Waals surface area contributed by atoms with Crippen LogP contribution in [-0.4, -0.2) is 17.9 Å². The summed E-state index contributed by atoms with van der Waals surface area (Å²) in [4.78, 5) is 36.3. The van der Waals surface area contributed by atoms with Gasteiger partial charge >= 0.3 is 6.18 Å². The van der Waals surface area contributed by atoms with Gasteiger partial charge in [0, 0.05) is 30.5 Å². The van der Waals surface area contributed by atoms with E-state index in [0.29, 0.717) is 12.8 Å². The third-order valence-corrected chi connectivity index (χ3v) is 5.04. The summed E-state index contributed by atoms with van der Waals surface area (Å²) in [6.45, 7) is 0. The molecule has 0 aliphatic carbocycles. The lowest BCUT2D eigenvalue weighted by Crippen LogP contribution is -2.29. The Morgan fingerprint density at radius 3 is 2.61 bits per heavy atom. The Morgan fingerprint density at radius 1 is 1.13 bits per heavy atom. The van der Waals surface area contributed by atoms with Crippen LogP contribution in [0.15, 0.2) is 57.7 Å². The van der Waals surface area contributed by atoms with Crippen molar-refractivity contribution >= 4 is 28.5 Å². The first-order valence-electron chi connectivity index (χ1n) is 9.55. The Kier molecular flexibility index (Phi) is 5.26. The van der Waals surface area contributed by atoms with Crippen molar-refractivity contribution < 1.29 is 27.2 Å². The highest BCUT2D eigenvalue weighted by Crippen LogP contribution is 2.37. The zero-order chi connectivity index (χ0) is 22.2. The quantitative estimate of drug-likeness (QED) is 0.653. The molecule has 2 amide bonds. The minimum absolute atomic E-state index is 0.0224. The van der Waals surface area contributed by atoms with Crippen LogP contribution in [0, 0.1) is 0 Å². The monoisotopic (exact) mass is 430 g/mol. The second-order valence-electron chi connectivity index (χ2n) is 7.26. The molecule has 1 unspecified atom stereocenters. The van der Waals surface area contributed by atoms with Crippen LogP contribution in [0.4, 0.5) is 18.9 Å². The third-order valence-electron chi connectivity index (χ3n) is 5.04. The topological polar surface area (TPSA) is 88.4 Å². The highest BCUT2D eigenvalue weighted by molar-refractivity contribution is 6.00. The maximum absolute atomic E-state index is 13.4.